The van der Waals surface area contributed by atoms with Crippen molar-refractivity contribution in [3.05, 3.63) is 57.9 Å². The van der Waals surface area contributed by atoms with Gasteiger partial charge in [0.2, 0.25) is 0 Å². The number of nitrogens with one attached hydrogen (secondary N) is 1. The van der Waals surface area contributed by atoms with E-state index in [2.05, 4.69) is 4.98 Å². The zero-order valence-corrected chi connectivity index (χ0v) is 13.9. The summed E-state index contributed by atoms with van der Waals surface area (Å²) in [5.41, 5.74) is 2.09. The van der Waals surface area contributed by atoms with Gasteiger partial charge < -0.3 is 9.88 Å². The molecule has 0 fully saturated rings. The molecule has 1 aromatic carbocycles. The van der Waals surface area contributed by atoms with Crippen molar-refractivity contribution in [3.8, 4) is 0 Å². The molecule has 5 heteroatoms. The summed E-state index contributed by atoms with van der Waals surface area (Å²) in [6, 6.07) is 11.5. The molecule has 0 saturated heterocycles. The third-order valence-electron chi connectivity index (χ3n) is 3.91. The predicted octanol–water partition coefficient (Wildman–Crippen LogP) is 3.77. The number of hydrogen-bond acceptors (Lipinski definition) is 3. The van der Waals surface area contributed by atoms with Gasteiger partial charge in [-0.1, -0.05) is 24.3 Å². The Labute approximate surface area is 138 Å². The number of fused-ring (bicyclic) bond motifs is 1. The quantitative estimate of drug-likeness (QED) is 0.573. The predicted molar refractivity (Wildman–Crippen MR) is 92.8 cm³/mol. The lowest BCUT2D eigenvalue weighted by Gasteiger charge is -2.19. The zero-order valence-electron chi connectivity index (χ0n) is 13.1. The van der Waals surface area contributed by atoms with Crippen LogP contribution in [0.2, 0.25) is 0 Å². The molecule has 118 valence electrons. The summed E-state index contributed by atoms with van der Waals surface area (Å²) in [7, 11) is 0. The van der Waals surface area contributed by atoms with Crippen molar-refractivity contribution in [1.29, 1.82) is 0 Å². The van der Waals surface area contributed by atoms with Crippen LogP contribution >= 0.6 is 11.3 Å². The van der Waals surface area contributed by atoms with Gasteiger partial charge in [0.05, 0.1) is 12.1 Å². The van der Waals surface area contributed by atoms with E-state index in [1.807, 2.05) is 55.6 Å². The van der Waals surface area contributed by atoms with Gasteiger partial charge in [-0.3, -0.25) is 9.59 Å². The fraction of sp³-hybridized carbons (Fsp3) is 0.222. The number of benzene rings is 1. The lowest BCUT2D eigenvalue weighted by atomic mass is 10.1. The number of likely N-dealkylation sites (N-methyl/N-ethyl adjacent to an activating group) is 1. The van der Waals surface area contributed by atoms with E-state index in [-0.39, 0.29) is 0 Å². The maximum absolute atomic E-state index is 12.8. The first-order valence-electron chi connectivity index (χ1n) is 7.55. The number of aryl methyl sites for hydroxylation is 1. The minimum absolute atomic E-state index is 0.446. The highest BCUT2D eigenvalue weighted by atomic mass is 32.1. The summed E-state index contributed by atoms with van der Waals surface area (Å²) < 4.78 is 0. The number of aromatic amines is 1. The van der Waals surface area contributed by atoms with E-state index in [1.54, 1.807) is 16.2 Å². The lowest BCUT2D eigenvalue weighted by molar-refractivity contribution is -0.126. The van der Waals surface area contributed by atoms with Crippen LogP contribution in [0.4, 0.5) is 0 Å². The molecule has 0 aliphatic carbocycles. The highest BCUT2D eigenvalue weighted by molar-refractivity contribution is 7.09. The van der Waals surface area contributed by atoms with E-state index in [0.717, 1.165) is 21.5 Å². The van der Waals surface area contributed by atoms with Crippen LogP contribution < -0.4 is 0 Å². The third kappa shape index (κ3) is 2.92. The first-order chi connectivity index (χ1) is 11.1. The minimum atomic E-state index is -0.450. The first-order valence-corrected chi connectivity index (χ1v) is 8.43. The van der Waals surface area contributed by atoms with E-state index in [4.69, 9.17) is 0 Å². The average Bonchev–Trinajstić information content (AvgIpc) is 3.17. The van der Waals surface area contributed by atoms with Gasteiger partial charge in [0.1, 0.15) is 0 Å². The van der Waals surface area contributed by atoms with Crippen LogP contribution in [0.3, 0.4) is 0 Å². The highest BCUT2D eigenvalue weighted by Crippen LogP contribution is 2.23. The fourth-order valence-corrected chi connectivity index (χ4v) is 3.46. The largest absolute Gasteiger partial charge is 0.358 e. The van der Waals surface area contributed by atoms with Crippen LogP contribution in [0.15, 0.2) is 41.8 Å². The van der Waals surface area contributed by atoms with Crippen molar-refractivity contribution < 1.29 is 9.59 Å². The molecule has 1 N–H and O–H groups in total. The molecule has 0 unspecified atom stereocenters. The van der Waals surface area contributed by atoms with Gasteiger partial charge in [-0.2, -0.15) is 0 Å². The molecule has 0 spiro atoms. The number of nitrogens with zero attached hydrogens (tertiary/aromatic N) is 1. The van der Waals surface area contributed by atoms with Crippen molar-refractivity contribution in [2.75, 3.05) is 6.54 Å². The Hall–Kier alpha value is -2.40. The molecule has 2 aromatic heterocycles. The normalized spacial score (nSPS) is 10.9. The fourth-order valence-electron chi connectivity index (χ4n) is 2.74. The maximum Gasteiger partial charge on any atom is 0.295 e. The summed E-state index contributed by atoms with van der Waals surface area (Å²) >= 11 is 1.59. The van der Waals surface area contributed by atoms with Crippen LogP contribution in [0.5, 0.6) is 0 Å². The van der Waals surface area contributed by atoms with Crippen molar-refractivity contribution in [2.24, 2.45) is 0 Å². The van der Waals surface area contributed by atoms with Gasteiger partial charge in [-0.25, -0.2) is 0 Å². The highest BCUT2D eigenvalue weighted by Gasteiger charge is 2.26. The molecule has 3 aromatic rings. The minimum Gasteiger partial charge on any atom is -0.358 e. The molecule has 0 saturated carbocycles. The molecule has 0 atom stereocenters. The molecular formula is C18H18N2O2S. The number of amides is 1. The van der Waals surface area contributed by atoms with Gasteiger partial charge in [-0.05, 0) is 31.4 Å². The van der Waals surface area contributed by atoms with E-state index in [0.29, 0.717) is 18.7 Å². The molecule has 4 nitrogen and oxygen atoms in total. The number of para-hydroxylation sites is 1. The van der Waals surface area contributed by atoms with Crippen LogP contribution in [-0.2, 0) is 11.3 Å². The monoisotopic (exact) mass is 326 g/mol. The molecule has 2 heterocycles. The third-order valence-corrected chi connectivity index (χ3v) is 4.77. The van der Waals surface area contributed by atoms with Crippen molar-refractivity contribution in [3.63, 3.8) is 0 Å². The summed E-state index contributed by atoms with van der Waals surface area (Å²) in [6.45, 7) is 4.70. The van der Waals surface area contributed by atoms with E-state index in [1.165, 1.54) is 0 Å². The Kier molecular flexibility index (Phi) is 4.30. The Bertz CT molecular complexity index is 849. The molecule has 3 rings (SSSR count). The molecule has 0 aliphatic heterocycles. The van der Waals surface area contributed by atoms with Gasteiger partial charge in [0, 0.05) is 28.0 Å². The van der Waals surface area contributed by atoms with Gasteiger partial charge in [0.15, 0.2) is 0 Å². The number of hydrogen-bond donors (Lipinski definition) is 1. The molecular weight excluding hydrogens is 308 g/mol. The Morgan fingerprint density at radius 2 is 1.96 bits per heavy atom. The molecule has 23 heavy (non-hydrogen) atoms. The van der Waals surface area contributed by atoms with Crippen molar-refractivity contribution >= 4 is 33.9 Å². The van der Waals surface area contributed by atoms with E-state index < -0.39 is 11.7 Å². The number of carbonyl (C=O) groups is 2. The zero-order chi connectivity index (χ0) is 16.4. The SMILES string of the molecule is CCN(Cc1cccs1)C(=O)C(=O)c1c(C)[nH]c2ccccc12. The van der Waals surface area contributed by atoms with Gasteiger partial charge in [0.25, 0.3) is 11.7 Å². The second-order valence-corrected chi connectivity index (χ2v) is 6.43. The Balaban J connectivity index is 1.91. The van der Waals surface area contributed by atoms with Gasteiger partial charge in [-0.15, -0.1) is 11.3 Å². The standard InChI is InChI=1S/C18H18N2O2S/c1-3-20(11-13-7-6-10-23-13)18(22)17(21)16-12(2)19-15-9-5-4-8-14(15)16/h4-10,19H,3,11H2,1-2H3. The maximum atomic E-state index is 12.8. The lowest BCUT2D eigenvalue weighted by Crippen LogP contribution is -2.36. The summed E-state index contributed by atoms with van der Waals surface area (Å²) in [6.07, 6.45) is 0. The molecule has 0 bridgehead atoms. The van der Waals surface area contributed by atoms with Crippen LogP contribution in [0.1, 0.15) is 27.9 Å². The second-order valence-electron chi connectivity index (χ2n) is 5.40. The number of thiophene rings is 1. The Morgan fingerprint density at radius 3 is 2.65 bits per heavy atom. The van der Waals surface area contributed by atoms with Crippen LogP contribution in [0.25, 0.3) is 10.9 Å². The summed E-state index contributed by atoms with van der Waals surface area (Å²) in [4.78, 5) is 31.3. The number of H-pyrrole nitrogens is 1. The van der Waals surface area contributed by atoms with Crippen molar-refractivity contribution in [1.82, 2.24) is 9.88 Å². The van der Waals surface area contributed by atoms with Crippen LogP contribution in [0, 0.1) is 6.92 Å². The average molecular weight is 326 g/mol. The topological polar surface area (TPSA) is 53.2 Å². The molecule has 0 aliphatic rings. The second kappa shape index (κ2) is 6.38. The van der Waals surface area contributed by atoms with E-state index in [9.17, 15) is 9.59 Å². The molecule has 0 radical (unpaired) electrons. The number of Topliss-reactive ketones (excluding diaryl/α,β-unsaturated/α-hetero) is 1. The van der Waals surface area contributed by atoms with Crippen molar-refractivity contribution in [2.45, 2.75) is 20.4 Å². The Morgan fingerprint density at radius 1 is 1.17 bits per heavy atom. The molecule has 1 amide bonds. The number of aromatic nitrogens is 1. The number of ketones is 1. The summed E-state index contributed by atoms with van der Waals surface area (Å²) in [5.74, 6) is -0.896. The first kappa shape index (κ1) is 15.5. The smallest absolute Gasteiger partial charge is 0.295 e. The van der Waals surface area contributed by atoms with Gasteiger partial charge >= 0.3 is 0 Å². The summed E-state index contributed by atoms with van der Waals surface area (Å²) in [5, 5.41) is 2.77. The number of rotatable bonds is 5. The van der Waals surface area contributed by atoms with E-state index >= 15 is 0 Å². The number of carbonyl (C=O) groups excluding carboxylic acids is 2. The van der Waals surface area contributed by atoms with Crippen LogP contribution in [-0.4, -0.2) is 28.1 Å².